The van der Waals surface area contributed by atoms with Crippen LogP contribution in [0.3, 0.4) is 0 Å². The van der Waals surface area contributed by atoms with Crippen molar-refractivity contribution in [1.82, 2.24) is 19.9 Å². The van der Waals surface area contributed by atoms with Gasteiger partial charge in [-0.15, -0.1) is 0 Å². The summed E-state index contributed by atoms with van der Waals surface area (Å²) in [6, 6.07) is 62.9. The van der Waals surface area contributed by atoms with Gasteiger partial charge in [-0.25, -0.2) is 19.9 Å². The van der Waals surface area contributed by atoms with Crippen LogP contribution in [0.15, 0.2) is 186 Å². The van der Waals surface area contributed by atoms with Gasteiger partial charge in [0.05, 0.1) is 0 Å². The molecule has 0 aliphatic heterocycles. The van der Waals surface area contributed by atoms with Crippen LogP contribution in [-0.2, 0) is 0 Å². The minimum atomic E-state index is 0.608. The Balaban J connectivity index is 1.14. The molecule has 2 aromatic heterocycles. The SMILES string of the molecule is c1ccc(-c2nc(-c3cccc4c(-c5cccc6ccc7nc(-c8ccccc8)oc7c56)cccc34)nc(-c3cc4ccccc4c4ccccc34)n2)cc1. The van der Waals surface area contributed by atoms with Gasteiger partial charge < -0.3 is 4.42 Å². The highest BCUT2D eigenvalue weighted by Gasteiger charge is 2.20. The number of aromatic nitrogens is 4. The second-order valence-electron chi connectivity index (χ2n) is 13.8. The van der Waals surface area contributed by atoms with Crippen molar-refractivity contribution in [2.24, 2.45) is 0 Å². The Labute approximate surface area is 316 Å². The van der Waals surface area contributed by atoms with Crippen molar-refractivity contribution in [3.8, 4) is 56.7 Å². The topological polar surface area (TPSA) is 64.7 Å². The van der Waals surface area contributed by atoms with Crippen molar-refractivity contribution in [2.45, 2.75) is 0 Å². The van der Waals surface area contributed by atoms with E-state index in [1.54, 1.807) is 0 Å². The standard InChI is InChI=1S/C50H30N4O/c1-3-14-32(15-4-1)47-52-48(54-49(53-47)43-30-34-18-7-8-20-35(34)36-21-9-10-22-40(36)43)42-27-13-23-37-38(24-12-25-39(37)42)41-26-11-19-31-28-29-44-46(45(31)41)55-50(51-44)33-16-5-2-6-17-33/h1-30H. The summed E-state index contributed by atoms with van der Waals surface area (Å²) >= 11 is 0. The number of fused-ring (bicyclic) bond motifs is 7. The summed E-state index contributed by atoms with van der Waals surface area (Å²) in [4.78, 5) is 20.5. The lowest BCUT2D eigenvalue weighted by Crippen LogP contribution is -2.01. The third kappa shape index (κ3) is 5.17. The van der Waals surface area contributed by atoms with E-state index in [9.17, 15) is 0 Å². The van der Waals surface area contributed by atoms with E-state index in [-0.39, 0.29) is 0 Å². The summed E-state index contributed by atoms with van der Waals surface area (Å²) in [6.45, 7) is 0. The van der Waals surface area contributed by atoms with Gasteiger partial charge in [0.1, 0.15) is 5.52 Å². The highest BCUT2D eigenvalue weighted by Crippen LogP contribution is 2.41. The maximum absolute atomic E-state index is 6.56. The van der Waals surface area contributed by atoms with Crippen LogP contribution in [0.25, 0.3) is 111 Å². The van der Waals surface area contributed by atoms with Crippen molar-refractivity contribution in [3.05, 3.63) is 182 Å². The Hall–Kier alpha value is -7.50. The quantitative estimate of drug-likeness (QED) is 0.167. The molecule has 11 aromatic rings. The normalized spacial score (nSPS) is 11.6. The van der Waals surface area contributed by atoms with Crippen molar-refractivity contribution in [1.29, 1.82) is 0 Å². The first-order valence-corrected chi connectivity index (χ1v) is 18.4. The molecule has 0 amide bonds. The minimum absolute atomic E-state index is 0.608. The van der Waals surface area contributed by atoms with Gasteiger partial charge in [-0.3, -0.25) is 0 Å². The summed E-state index contributed by atoms with van der Waals surface area (Å²) < 4.78 is 6.56. The van der Waals surface area contributed by atoms with E-state index in [0.29, 0.717) is 23.4 Å². The largest absolute Gasteiger partial charge is 0.435 e. The molecule has 0 unspecified atom stereocenters. The number of benzene rings is 9. The van der Waals surface area contributed by atoms with Crippen LogP contribution in [0.1, 0.15) is 0 Å². The fourth-order valence-electron chi connectivity index (χ4n) is 8.00. The van der Waals surface area contributed by atoms with Crippen molar-refractivity contribution < 1.29 is 4.42 Å². The van der Waals surface area contributed by atoms with Crippen LogP contribution < -0.4 is 0 Å². The number of rotatable bonds is 5. The first-order chi connectivity index (χ1) is 27.3. The fourth-order valence-corrected chi connectivity index (χ4v) is 8.00. The van der Waals surface area contributed by atoms with Gasteiger partial charge in [0.2, 0.25) is 5.89 Å². The number of hydrogen-bond donors (Lipinski definition) is 0. The molecule has 0 atom stereocenters. The number of oxazole rings is 1. The lowest BCUT2D eigenvalue weighted by Gasteiger charge is -2.14. The van der Waals surface area contributed by atoms with Gasteiger partial charge in [0.15, 0.2) is 23.1 Å². The van der Waals surface area contributed by atoms with Crippen LogP contribution >= 0.6 is 0 Å². The Bertz CT molecular complexity index is 3260. The lowest BCUT2D eigenvalue weighted by molar-refractivity contribution is 0.623. The van der Waals surface area contributed by atoms with E-state index in [2.05, 4.69) is 127 Å². The monoisotopic (exact) mass is 702 g/mol. The summed E-state index contributed by atoms with van der Waals surface area (Å²) in [5.41, 5.74) is 7.55. The van der Waals surface area contributed by atoms with Gasteiger partial charge >= 0.3 is 0 Å². The van der Waals surface area contributed by atoms with E-state index in [1.807, 2.05) is 54.6 Å². The zero-order valence-electron chi connectivity index (χ0n) is 29.5. The average Bonchev–Trinajstić information content (AvgIpc) is 3.71. The molecule has 9 aromatic carbocycles. The molecule has 256 valence electrons. The van der Waals surface area contributed by atoms with E-state index in [4.69, 9.17) is 24.4 Å². The summed E-state index contributed by atoms with van der Waals surface area (Å²) in [7, 11) is 0. The van der Waals surface area contributed by atoms with Gasteiger partial charge in [-0.05, 0) is 73.1 Å². The molecule has 0 fully saturated rings. The molecular formula is C50H30N4O. The molecule has 0 aliphatic carbocycles. The first-order valence-electron chi connectivity index (χ1n) is 18.4. The van der Waals surface area contributed by atoms with E-state index >= 15 is 0 Å². The molecule has 5 nitrogen and oxygen atoms in total. The number of hydrogen-bond acceptors (Lipinski definition) is 5. The van der Waals surface area contributed by atoms with Crippen LogP contribution in [-0.4, -0.2) is 19.9 Å². The Kier molecular flexibility index (Phi) is 7.10. The van der Waals surface area contributed by atoms with Gasteiger partial charge in [0.25, 0.3) is 0 Å². The number of nitrogens with zero attached hydrogens (tertiary/aromatic N) is 4. The molecule has 2 heterocycles. The Morgan fingerprint density at radius 2 is 0.873 bits per heavy atom. The molecule has 55 heavy (non-hydrogen) atoms. The Morgan fingerprint density at radius 1 is 0.327 bits per heavy atom. The van der Waals surface area contributed by atoms with E-state index in [0.717, 1.165) is 76.8 Å². The van der Waals surface area contributed by atoms with E-state index in [1.165, 1.54) is 10.8 Å². The van der Waals surface area contributed by atoms with E-state index < -0.39 is 0 Å². The maximum atomic E-state index is 6.56. The molecule has 0 N–H and O–H groups in total. The predicted molar refractivity (Wildman–Crippen MR) is 225 cm³/mol. The summed E-state index contributed by atoms with van der Waals surface area (Å²) in [6.07, 6.45) is 0. The van der Waals surface area contributed by atoms with Gasteiger partial charge in [-0.1, -0.05) is 158 Å². The lowest BCUT2D eigenvalue weighted by atomic mass is 9.92. The second kappa shape index (κ2) is 12.6. The molecule has 0 saturated carbocycles. The zero-order chi connectivity index (χ0) is 36.3. The smallest absolute Gasteiger partial charge is 0.227 e. The molecule has 11 rings (SSSR count). The molecule has 5 heteroatoms. The maximum Gasteiger partial charge on any atom is 0.227 e. The first kappa shape index (κ1) is 31.1. The third-order valence-electron chi connectivity index (χ3n) is 10.5. The van der Waals surface area contributed by atoms with Crippen LogP contribution in [0.4, 0.5) is 0 Å². The highest BCUT2D eigenvalue weighted by atomic mass is 16.3. The second-order valence-corrected chi connectivity index (χ2v) is 13.8. The van der Waals surface area contributed by atoms with Crippen LogP contribution in [0.5, 0.6) is 0 Å². The molecule has 0 saturated heterocycles. The Morgan fingerprint density at radius 3 is 1.67 bits per heavy atom. The average molecular weight is 703 g/mol. The van der Waals surface area contributed by atoms with Crippen molar-refractivity contribution >= 4 is 54.2 Å². The summed E-state index contributed by atoms with van der Waals surface area (Å²) in [5, 5.41) is 8.87. The van der Waals surface area contributed by atoms with Crippen molar-refractivity contribution in [2.75, 3.05) is 0 Å². The molecule has 0 radical (unpaired) electrons. The molecule has 0 spiro atoms. The molecule has 0 bridgehead atoms. The van der Waals surface area contributed by atoms with Crippen LogP contribution in [0.2, 0.25) is 0 Å². The summed E-state index contributed by atoms with van der Waals surface area (Å²) in [5.74, 6) is 2.49. The highest BCUT2D eigenvalue weighted by molar-refractivity contribution is 6.16. The minimum Gasteiger partial charge on any atom is -0.435 e. The van der Waals surface area contributed by atoms with Gasteiger partial charge in [0, 0.05) is 27.6 Å². The van der Waals surface area contributed by atoms with Gasteiger partial charge in [-0.2, -0.15) is 0 Å². The van der Waals surface area contributed by atoms with Crippen molar-refractivity contribution in [3.63, 3.8) is 0 Å². The third-order valence-corrected chi connectivity index (χ3v) is 10.5. The van der Waals surface area contributed by atoms with Crippen LogP contribution in [0, 0.1) is 0 Å². The molecule has 0 aliphatic rings. The fraction of sp³-hybridized carbons (Fsp3) is 0. The molecular weight excluding hydrogens is 673 g/mol. The zero-order valence-corrected chi connectivity index (χ0v) is 29.5. The predicted octanol–water partition coefficient (Wildman–Crippen LogP) is 13.0.